The lowest BCUT2D eigenvalue weighted by Crippen LogP contribution is -2.19. The summed E-state index contributed by atoms with van der Waals surface area (Å²) >= 11 is 0. The maximum absolute atomic E-state index is 12.0. The van der Waals surface area contributed by atoms with Gasteiger partial charge in [0.1, 0.15) is 12.1 Å². The Balaban J connectivity index is 1.78. The molecule has 0 saturated heterocycles. The Morgan fingerprint density at radius 1 is 1.21 bits per heavy atom. The molecule has 0 atom stereocenters. The number of phenolic OH excluding ortho intramolecular Hbond substituents is 1. The van der Waals surface area contributed by atoms with Crippen LogP contribution in [0.5, 0.6) is 5.75 Å². The van der Waals surface area contributed by atoms with Crippen molar-refractivity contribution in [2.45, 2.75) is 6.92 Å². The van der Waals surface area contributed by atoms with Crippen molar-refractivity contribution in [2.75, 3.05) is 0 Å². The maximum Gasteiger partial charge on any atom is 0.275 e. The average Bonchev–Trinajstić information content (AvgIpc) is 3.14. The molecule has 0 fully saturated rings. The minimum atomic E-state index is -0.482. The molecular weight excluding hydrogens is 308 g/mol. The lowest BCUT2D eigenvalue weighted by Gasteiger charge is -2.06. The second kappa shape index (κ2) is 6.69. The zero-order valence-electron chi connectivity index (χ0n) is 12.8. The monoisotopic (exact) mass is 322 g/mol. The van der Waals surface area contributed by atoms with Crippen LogP contribution in [-0.4, -0.2) is 36.9 Å². The zero-order chi connectivity index (χ0) is 16.9. The van der Waals surface area contributed by atoms with Crippen LogP contribution in [0.1, 0.15) is 22.8 Å². The molecule has 1 aromatic heterocycles. The van der Waals surface area contributed by atoms with Gasteiger partial charge in [0.15, 0.2) is 0 Å². The summed E-state index contributed by atoms with van der Waals surface area (Å²) in [6, 6.07) is 13.7. The third kappa shape index (κ3) is 3.27. The van der Waals surface area contributed by atoms with E-state index in [1.165, 1.54) is 23.1 Å². The Bertz CT molecular complexity index is 889. The SMILES string of the molecule is C/C(=N\NC(=O)c1ccccc1O)c1cccc(-n2cnnn2)c1. The van der Waals surface area contributed by atoms with Crippen LogP contribution in [0.15, 0.2) is 60.0 Å². The molecular formula is C16H14N6O2. The summed E-state index contributed by atoms with van der Waals surface area (Å²) in [6.07, 6.45) is 1.49. The van der Waals surface area contributed by atoms with Crippen molar-refractivity contribution >= 4 is 11.6 Å². The highest BCUT2D eigenvalue weighted by Crippen LogP contribution is 2.15. The van der Waals surface area contributed by atoms with Gasteiger partial charge < -0.3 is 5.11 Å². The van der Waals surface area contributed by atoms with Gasteiger partial charge in [-0.25, -0.2) is 10.1 Å². The number of aromatic nitrogens is 4. The van der Waals surface area contributed by atoms with E-state index in [4.69, 9.17) is 0 Å². The molecule has 24 heavy (non-hydrogen) atoms. The quantitative estimate of drug-likeness (QED) is 0.559. The van der Waals surface area contributed by atoms with Crippen LogP contribution >= 0.6 is 0 Å². The lowest BCUT2D eigenvalue weighted by molar-refractivity contribution is 0.0952. The third-order valence-corrected chi connectivity index (χ3v) is 3.35. The second-order valence-electron chi connectivity index (χ2n) is 4.96. The number of aromatic hydroxyl groups is 1. The third-order valence-electron chi connectivity index (χ3n) is 3.35. The molecule has 0 unspecified atom stereocenters. The van der Waals surface area contributed by atoms with Crippen LogP contribution in [0.4, 0.5) is 0 Å². The van der Waals surface area contributed by atoms with Crippen LogP contribution in [0, 0.1) is 0 Å². The van der Waals surface area contributed by atoms with Gasteiger partial charge >= 0.3 is 0 Å². The molecule has 1 amide bonds. The summed E-state index contributed by atoms with van der Waals surface area (Å²) in [5.41, 5.74) is 4.79. The van der Waals surface area contributed by atoms with Gasteiger partial charge in [-0.1, -0.05) is 24.3 Å². The number of carbonyl (C=O) groups is 1. The Kier molecular flexibility index (Phi) is 4.28. The number of nitrogens with one attached hydrogen (secondary N) is 1. The van der Waals surface area contributed by atoms with Gasteiger partial charge in [0, 0.05) is 0 Å². The molecule has 1 heterocycles. The summed E-state index contributed by atoms with van der Waals surface area (Å²) in [6.45, 7) is 1.77. The van der Waals surface area contributed by atoms with E-state index in [9.17, 15) is 9.90 Å². The van der Waals surface area contributed by atoms with Crippen molar-refractivity contribution in [3.8, 4) is 11.4 Å². The standard InChI is InChI=1S/C16H14N6O2/c1-11(18-19-16(24)14-7-2-3-8-15(14)23)12-5-4-6-13(9-12)22-10-17-20-21-22/h2-10,23H,1H3,(H,19,24)/b18-11+. The number of carbonyl (C=O) groups excluding carboxylic acids is 1. The van der Waals surface area contributed by atoms with E-state index in [2.05, 4.69) is 26.1 Å². The number of benzene rings is 2. The summed E-state index contributed by atoms with van der Waals surface area (Å²) in [5, 5.41) is 24.8. The molecule has 8 heteroatoms. The molecule has 0 bridgehead atoms. The number of para-hydroxylation sites is 1. The molecule has 0 aliphatic rings. The van der Waals surface area contributed by atoms with Crippen molar-refractivity contribution in [3.05, 3.63) is 66.0 Å². The van der Waals surface area contributed by atoms with E-state index in [1.807, 2.05) is 24.3 Å². The van der Waals surface area contributed by atoms with Crippen LogP contribution in [0.3, 0.4) is 0 Å². The number of hydrogen-bond donors (Lipinski definition) is 2. The van der Waals surface area contributed by atoms with Gasteiger partial charge in [-0.2, -0.15) is 5.10 Å². The zero-order valence-corrected chi connectivity index (χ0v) is 12.8. The first-order chi connectivity index (χ1) is 11.6. The predicted octanol–water partition coefficient (Wildman–Crippen LogP) is 1.52. The summed E-state index contributed by atoms with van der Waals surface area (Å²) < 4.78 is 1.53. The van der Waals surface area contributed by atoms with Crippen LogP contribution in [0.25, 0.3) is 5.69 Å². The second-order valence-corrected chi connectivity index (χ2v) is 4.96. The van der Waals surface area contributed by atoms with Gasteiger partial charge in [-0.3, -0.25) is 4.79 Å². The molecule has 2 N–H and O–H groups in total. The summed E-state index contributed by atoms with van der Waals surface area (Å²) in [4.78, 5) is 12.0. The lowest BCUT2D eigenvalue weighted by atomic mass is 10.1. The summed E-state index contributed by atoms with van der Waals surface area (Å²) in [5.74, 6) is -0.576. The molecule has 3 rings (SSSR count). The van der Waals surface area contributed by atoms with E-state index in [-0.39, 0.29) is 11.3 Å². The first-order valence-corrected chi connectivity index (χ1v) is 7.11. The number of rotatable bonds is 4. The fourth-order valence-corrected chi connectivity index (χ4v) is 2.08. The smallest absolute Gasteiger partial charge is 0.275 e. The molecule has 0 radical (unpaired) electrons. The topological polar surface area (TPSA) is 105 Å². The normalized spacial score (nSPS) is 11.3. The van der Waals surface area contributed by atoms with Gasteiger partial charge in [0.25, 0.3) is 5.91 Å². The Morgan fingerprint density at radius 3 is 2.79 bits per heavy atom. The van der Waals surface area contributed by atoms with Crippen molar-refractivity contribution in [2.24, 2.45) is 5.10 Å². The number of tetrazole rings is 1. The summed E-state index contributed by atoms with van der Waals surface area (Å²) in [7, 11) is 0. The fourth-order valence-electron chi connectivity index (χ4n) is 2.08. The largest absolute Gasteiger partial charge is 0.507 e. The van der Waals surface area contributed by atoms with Gasteiger partial charge in [0.2, 0.25) is 0 Å². The average molecular weight is 322 g/mol. The van der Waals surface area contributed by atoms with Crippen molar-refractivity contribution in [1.29, 1.82) is 0 Å². The van der Waals surface area contributed by atoms with Crippen molar-refractivity contribution in [3.63, 3.8) is 0 Å². The molecule has 8 nitrogen and oxygen atoms in total. The molecule has 120 valence electrons. The highest BCUT2D eigenvalue weighted by atomic mass is 16.3. The first-order valence-electron chi connectivity index (χ1n) is 7.11. The number of amides is 1. The van der Waals surface area contributed by atoms with E-state index < -0.39 is 5.91 Å². The van der Waals surface area contributed by atoms with Gasteiger partial charge in [-0.05, 0) is 47.2 Å². The van der Waals surface area contributed by atoms with Crippen molar-refractivity contribution in [1.82, 2.24) is 25.6 Å². The number of phenols is 1. The van der Waals surface area contributed by atoms with E-state index in [0.717, 1.165) is 11.3 Å². The molecule has 2 aromatic carbocycles. The van der Waals surface area contributed by atoms with Gasteiger partial charge in [0.05, 0.1) is 17.0 Å². The Hall–Kier alpha value is -3.55. The number of hydrazone groups is 1. The molecule has 0 aliphatic heterocycles. The molecule has 0 aliphatic carbocycles. The van der Waals surface area contributed by atoms with Crippen LogP contribution in [-0.2, 0) is 0 Å². The van der Waals surface area contributed by atoms with Crippen LogP contribution < -0.4 is 5.43 Å². The Morgan fingerprint density at radius 2 is 2.04 bits per heavy atom. The minimum absolute atomic E-state index is 0.0940. The number of hydrogen-bond acceptors (Lipinski definition) is 6. The molecule has 3 aromatic rings. The van der Waals surface area contributed by atoms with Crippen LogP contribution in [0.2, 0.25) is 0 Å². The van der Waals surface area contributed by atoms with E-state index >= 15 is 0 Å². The highest BCUT2D eigenvalue weighted by Gasteiger charge is 2.09. The molecule has 0 spiro atoms. The molecule has 0 saturated carbocycles. The predicted molar refractivity (Wildman–Crippen MR) is 86.9 cm³/mol. The van der Waals surface area contributed by atoms with E-state index in [1.54, 1.807) is 19.1 Å². The van der Waals surface area contributed by atoms with E-state index in [0.29, 0.717) is 5.71 Å². The Labute approximate surface area is 137 Å². The highest BCUT2D eigenvalue weighted by molar-refractivity contribution is 6.01. The van der Waals surface area contributed by atoms with Crippen molar-refractivity contribution < 1.29 is 9.90 Å². The fraction of sp³-hybridized carbons (Fsp3) is 0.0625. The minimum Gasteiger partial charge on any atom is -0.507 e. The first kappa shape index (κ1) is 15.3. The maximum atomic E-state index is 12.0. The number of nitrogens with zero attached hydrogens (tertiary/aromatic N) is 5. The van der Waals surface area contributed by atoms with Gasteiger partial charge in [-0.15, -0.1) is 5.10 Å².